The Morgan fingerprint density at radius 1 is 0.634 bits per heavy atom. The number of hydrogen-bond donors (Lipinski definition) is 1. The van der Waals surface area contributed by atoms with Gasteiger partial charge >= 0.3 is 0 Å². The highest BCUT2D eigenvalue weighted by Gasteiger charge is 2.18. The van der Waals surface area contributed by atoms with Gasteiger partial charge in [-0.2, -0.15) is 0 Å². The van der Waals surface area contributed by atoms with Gasteiger partial charge in [0.15, 0.2) is 5.82 Å². The van der Waals surface area contributed by atoms with E-state index in [1.165, 1.54) is 0 Å². The van der Waals surface area contributed by atoms with Crippen LogP contribution in [0.3, 0.4) is 0 Å². The minimum Gasteiger partial charge on any atom is -0.507 e. The molecule has 2 heterocycles. The van der Waals surface area contributed by atoms with Gasteiger partial charge in [-0.3, -0.25) is 14.0 Å². The number of para-hydroxylation sites is 5. The third kappa shape index (κ3) is 4.60. The monoisotopic (exact) mass is 530 g/mol. The third-order valence-corrected chi connectivity index (χ3v) is 7.09. The van der Waals surface area contributed by atoms with Gasteiger partial charge in [-0.15, -0.1) is 0 Å². The van der Waals surface area contributed by atoms with E-state index in [0.717, 1.165) is 50.9 Å². The van der Waals surface area contributed by atoms with Crippen LogP contribution in [-0.2, 0) is 0 Å². The number of phenolic OH excluding ortho intramolecular Hbond substituents is 1. The summed E-state index contributed by atoms with van der Waals surface area (Å²) in [6.45, 7) is 0. The van der Waals surface area contributed by atoms with Crippen LogP contribution in [0.2, 0.25) is 0 Å². The average Bonchev–Trinajstić information content (AvgIpc) is 3.43. The Kier molecular flexibility index (Phi) is 6.22. The van der Waals surface area contributed by atoms with Crippen LogP contribution in [0.1, 0.15) is 0 Å². The molecule has 0 aliphatic rings. The van der Waals surface area contributed by atoms with Crippen LogP contribution < -0.4 is 9.47 Å². The SMILES string of the molecule is Oc1ccccc1-c1cccc(N(c2ccccc2)c2cccc(-n3[c-][n+](-c4ccccc4)c4ccccc43)n2)c1. The van der Waals surface area contributed by atoms with Gasteiger partial charge in [-0.1, -0.05) is 97.1 Å². The van der Waals surface area contributed by atoms with E-state index in [4.69, 9.17) is 4.98 Å². The summed E-state index contributed by atoms with van der Waals surface area (Å²) in [5.41, 5.74) is 6.70. The Morgan fingerprint density at radius 3 is 2.15 bits per heavy atom. The number of rotatable bonds is 6. The maximum absolute atomic E-state index is 10.5. The van der Waals surface area contributed by atoms with Crippen LogP contribution in [-0.4, -0.2) is 14.7 Å². The molecule has 0 fully saturated rings. The predicted octanol–water partition coefficient (Wildman–Crippen LogP) is 7.94. The van der Waals surface area contributed by atoms with E-state index in [0.29, 0.717) is 0 Å². The Bertz CT molecular complexity index is 1970. The fourth-order valence-electron chi connectivity index (χ4n) is 5.18. The first-order valence-electron chi connectivity index (χ1n) is 13.5. The lowest BCUT2D eigenvalue weighted by molar-refractivity contribution is -0.572. The number of pyridine rings is 1. The molecule has 0 saturated heterocycles. The number of benzene rings is 5. The van der Waals surface area contributed by atoms with E-state index >= 15 is 0 Å². The molecule has 0 radical (unpaired) electrons. The molecule has 0 bridgehead atoms. The van der Waals surface area contributed by atoms with E-state index in [-0.39, 0.29) is 5.75 Å². The van der Waals surface area contributed by atoms with E-state index in [1.807, 2.05) is 102 Å². The molecule has 196 valence electrons. The molecule has 0 amide bonds. The molecular weight excluding hydrogens is 504 g/mol. The number of nitrogens with zero attached hydrogens (tertiary/aromatic N) is 4. The van der Waals surface area contributed by atoms with Gasteiger partial charge in [-0.05, 0) is 60.2 Å². The maximum atomic E-state index is 10.5. The molecule has 0 atom stereocenters. The summed E-state index contributed by atoms with van der Waals surface area (Å²) in [5, 5.41) is 10.5. The maximum Gasteiger partial charge on any atom is 0.271 e. The molecular formula is C36H26N4O. The molecule has 7 rings (SSSR count). The van der Waals surface area contributed by atoms with Crippen molar-refractivity contribution >= 4 is 28.2 Å². The van der Waals surface area contributed by atoms with E-state index in [2.05, 4.69) is 64.3 Å². The molecule has 1 N–H and O–H groups in total. The molecule has 5 nitrogen and oxygen atoms in total. The second-order valence-corrected chi connectivity index (χ2v) is 9.69. The van der Waals surface area contributed by atoms with Crippen molar-refractivity contribution in [2.75, 3.05) is 4.90 Å². The molecule has 7 aromatic rings. The summed E-state index contributed by atoms with van der Waals surface area (Å²) >= 11 is 0. The zero-order chi connectivity index (χ0) is 27.6. The number of fused-ring (bicyclic) bond motifs is 1. The summed E-state index contributed by atoms with van der Waals surface area (Å²) in [5.74, 6) is 1.77. The number of hydrogen-bond acceptors (Lipinski definition) is 3. The van der Waals surface area contributed by atoms with Crippen LogP contribution in [0.15, 0.2) is 152 Å². The van der Waals surface area contributed by atoms with Crippen molar-refractivity contribution in [3.8, 4) is 28.4 Å². The number of aromatic nitrogens is 3. The van der Waals surface area contributed by atoms with Gasteiger partial charge in [0.1, 0.15) is 11.6 Å². The Morgan fingerprint density at radius 2 is 1.32 bits per heavy atom. The first kappa shape index (κ1) is 24.4. The quantitative estimate of drug-likeness (QED) is 0.175. The smallest absolute Gasteiger partial charge is 0.271 e. The molecule has 5 aromatic carbocycles. The molecule has 0 unspecified atom stereocenters. The lowest BCUT2D eigenvalue weighted by Gasteiger charge is -2.25. The second kappa shape index (κ2) is 10.5. The Balaban J connectivity index is 1.38. The largest absolute Gasteiger partial charge is 0.507 e. The van der Waals surface area contributed by atoms with Crippen molar-refractivity contribution in [2.45, 2.75) is 0 Å². The first-order chi connectivity index (χ1) is 20.3. The van der Waals surface area contributed by atoms with E-state index in [1.54, 1.807) is 6.07 Å². The fourth-order valence-corrected chi connectivity index (χ4v) is 5.18. The number of aromatic hydroxyl groups is 1. The van der Waals surface area contributed by atoms with Crippen molar-refractivity contribution in [1.29, 1.82) is 0 Å². The highest BCUT2D eigenvalue weighted by molar-refractivity contribution is 5.80. The van der Waals surface area contributed by atoms with Gasteiger partial charge in [0.2, 0.25) is 0 Å². The van der Waals surface area contributed by atoms with Gasteiger partial charge in [-0.25, -0.2) is 4.98 Å². The lowest BCUT2D eigenvalue weighted by Crippen LogP contribution is -2.29. The number of imidazole rings is 1. The van der Waals surface area contributed by atoms with Crippen LogP contribution >= 0.6 is 0 Å². The van der Waals surface area contributed by atoms with Crippen LogP contribution in [0.4, 0.5) is 17.2 Å². The van der Waals surface area contributed by atoms with Crippen LogP contribution in [0.5, 0.6) is 5.75 Å². The average molecular weight is 531 g/mol. The first-order valence-corrected chi connectivity index (χ1v) is 13.5. The van der Waals surface area contributed by atoms with Crippen molar-refractivity contribution in [3.05, 3.63) is 158 Å². The Hall–Kier alpha value is -5.68. The summed E-state index contributed by atoms with van der Waals surface area (Å²) in [6, 6.07) is 50.3. The third-order valence-electron chi connectivity index (χ3n) is 7.09. The van der Waals surface area contributed by atoms with Crippen molar-refractivity contribution in [3.63, 3.8) is 0 Å². The molecule has 5 heteroatoms. The number of phenols is 1. The number of anilines is 3. The summed E-state index contributed by atoms with van der Waals surface area (Å²) in [6.07, 6.45) is 3.53. The predicted molar refractivity (Wildman–Crippen MR) is 163 cm³/mol. The summed E-state index contributed by atoms with van der Waals surface area (Å²) in [4.78, 5) is 7.30. The summed E-state index contributed by atoms with van der Waals surface area (Å²) < 4.78 is 4.07. The normalized spacial score (nSPS) is 11.0. The second-order valence-electron chi connectivity index (χ2n) is 9.69. The molecule has 0 aliphatic carbocycles. The van der Waals surface area contributed by atoms with Crippen molar-refractivity contribution < 1.29 is 9.67 Å². The standard InChI is InChI=1S/C36H26N4O/c41-34-22-10-7-19-31(34)27-13-11-18-30(25-27)40(29-16-5-2-6-17-29)36-24-12-23-35(37-36)39-26-38(28-14-3-1-4-15-28)32-20-8-9-21-33(32)39/h1-25,41H. The Labute approximate surface area is 238 Å². The minimum atomic E-state index is 0.248. The van der Waals surface area contributed by atoms with Crippen LogP contribution in [0, 0.1) is 6.33 Å². The zero-order valence-corrected chi connectivity index (χ0v) is 22.2. The van der Waals surface area contributed by atoms with Crippen LogP contribution in [0.25, 0.3) is 33.7 Å². The molecule has 41 heavy (non-hydrogen) atoms. The van der Waals surface area contributed by atoms with Gasteiger partial charge in [0, 0.05) is 16.9 Å². The van der Waals surface area contributed by atoms with E-state index < -0.39 is 0 Å². The molecule has 2 aromatic heterocycles. The fraction of sp³-hybridized carbons (Fsp3) is 0. The van der Waals surface area contributed by atoms with Gasteiger partial charge in [0.05, 0.1) is 16.7 Å². The zero-order valence-electron chi connectivity index (χ0n) is 22.2. The molecule has 0 aliphatic heterocycles. The lowest BCUT2D eigenvalue weighted by atomic mass is 10.0. The molecule has 0 spiro atoms. The summed E-state index contributed by atoms with van der Waals surface area (Å²) in [7, 11) is 0. The highest BCUT2D eigenvalue weighted by atomic mass is 16.3. The van der Waals surface area contributed by atoms with Crippen molar-refractivity contribution in [1.82, 2.24) is 9.55 Å². The van der Waals surface area contributed by atoms with Crippen molar-refractivity contribution in [2.24, 2.45) is 0 Å². The van der Waals surface area contributed by atoms with Gasteiger partial charge in [0.25, 0.3) is 6.33 Å². The topological polar surface area (TPSA) is 45.2 Å². The van der Waals surface area contributed by atoms with E-state index in [9.17, 15) is 5.11 Å². The highest BCUT2D eigenvalue weighted by Crippen LogP contribution is 2.37. The van der Waals surface area contributed by atoms with Gasteiger partial charge < -0.3 is 5.11 Å². The molecule has 0 saturated carbocycles. The minimum absolute atomic E-state index is 0.248.